The number of carbonyl (C=O) groups excluding carboxylic acids is 1. The van der Waals surface area contributed by atoms with E-state index >= 15 is 0 Å². The third-order valence-corrected chi connectivity index (χ3v) is 3.22. The third kappa shape index (κ3) is 2.19. The van der Waals surface area contributed by atoms with Crippen LogP contribution >= 0.6 is 0 Å². The van der Waals surface area contributed by atoms with Gasteiger partial charge in [0, 0.05) is 19.8 Å². The molecule has 0 unspecified atom stereocenters. The van der Waals surface area contributed by atoms with Gasteiger partial charge >= 0.3 is 0 Å². The van der Waals surface area contributed by atoms with Crippen LogP contribution in [0, 0.1) is 12.7 Å². The molecular weight excluding hydrogens is 245 g/mol. The number of nitrogen functional groups attached to an aromatic ring is 1. The second kappa shape index (κ2) is 4.76. The van der Waals surface area contributed by atoms with Crippen LogP contribution in [-0.4, -0.2) is 17.5 Å². The van der Waals surface area contributed by atoms with Crippen LogP contribution in [0.4, 0.5) is 15.8 Å². The van der Waals surface area contributed by atoms with Crippen molar-refractivity contribution in [1.82, 2.24) is 4.57 Å². The number of aromatic nitrogens is 1. The molecule has 1 amide bonds. The number of carbonyl (C=O) groups is 1. The third-order valence-electron chi connectivity index (χ3n) is 3.22. The van der Waals surface area contributed by atoms with Crippen molar-refractivity contribution >= 4 is 17.3 Å². The number of para-hydroxylation sites is 1. The van der Waals surface area contributed by atoms with E-state index in [1.807, 2.05) is 6.92 Å². The summed E-state index contributed by atoms with van der Waals surface area (Å²) in [7, 11) is 3.29. The first-order valence-corrected chi connectivity index (χ1v) is 5.88. The fraction of sp³-hybridized carbons (Fsp3) is 0.214. The van der Waals surface area contributed by atoms with Crippen molar-refractivity contribution in [3.05, 3.63) is 47.5 Å². The molecule has 0 spiro atoms. The van der Waals surface area contributed by atoms with Gasteiger partial charge in [-0.05, 0) is 25.1 Å². The zero-order chi connectivity index (χ0) is 14.2. The zero-order valence-electron chi connectivity index (χ0n) is 11.1. The van der Waals surface area contributed by atoms with E-state index in [1.165, 1.54) is 18.0 Å². The smallest absolute Gasteiger partial charge is 0.276 e. The molecule has 5 heteroatoms. The average molecular weight is 261 g/mol. The summed E-state index contributed by atoms with van der Waals surface area (Å²) in [4.78, 5) is 13.7. The number of benzene rings is 1. The first-order chi connectivity index (χ1) is 8.93. The van der Waals surface area contributed by atoms with E-state index in [1.54, 1.807) is 35.9 Å². The Labute approximate surface area is 111 Å². The SMILES string of the molecule is Cc1cc(N)c(C(=O)N(C)c2ccccc2F)n1C. The molecule has 0 saturated carbocycles. The molecule has 1 aromatic heterocycles. The highest BCUT2D eigenvalue weighted by Gasteiger charge is 2.22. The molecule has 0 saturated heterocycles. The van der Waals surface area contributed by atoms with Crippen molar-refractivity contribution in [2.75, 3.05) is 17.7 Å². The van der Waals surface area contributed by atoms with Crippen LogP contribution in [0.5, 0.6) is 0 Å². The summed E-state index contributed by atoms with van der Waals surface area (Å²) in [5.74, 6) is -0.777. The molecular formula is C14H16FN3O. The van der Waals surface area contributed by atoms with Crippen molar-refractivity contribution in [1.29, 1.82) is 0 Å². The van der Waals surface area contributed by atoms with Gasteiger partial charge in [-0.1, -0.05) is 12.1 Å². The number of amides is 1. The van der Waals surface area contributed by atoms with Crippen LogP contribution in [-0.2, 0) is 7.05 Å². The molecule has 1 heterocycles. The van der Waals surface area contributed by atoms with Crippen LogP contribution in [0.25, 0.3) is 0 Å². The summed E-state index contributed by atoms with van der Waals surface area (Å²) in [6.45, 7) is 1.86. The molecule has 2 aromatic rings. The molecule has 4 nitrogen and oxygen atoms in total. The van der Waals surface area contributed by atoms with E-state index in [0.29, 0.717) is 11.4 Å². The van der Waals surface area contributed by atoms with Crippen molar-refractivity contribution in [2.24, 2.45) is 7.05 Å². The van der Waals surface area contributed by atoms with Crippen molar-refractivity contribution in [3.63, 3.8) is 0 Å². The largest absolute Gasteiger partial charge is 0.397 e. The molecule has 1 aromatic carbocycles. The maximum absolute atomic E-state index is 13.7. The van der Waals surface area contributed by atoms with Crippen LogP contribution in [0.3, 0.4) is 0 Å². The van der Waals surface area contributed by atoms with E-state index < -0.39 is 5.82 Å². The summed E-state index contributed by atoms with van der Waals surface area (Å²) < 4.78 is 15.4. The summed E-state index contributed by atoms with van der Waals surface area (Å²) >= 11 is 0. The van der Waals surface area contributed by atoms with Crippen LogP contribution in [0.15, 0.2) is 30.3 Å². The Hall–Kier alpha value is -2.30. The lowest BCUT2D eigenvalue weighted by Crippen LogP contribution is -2.29. The van der Waals surface area contributed by atoms with Crippen LogP contribution in [0.2, 0.25) is 0 Å². The van der Waals surface area contributed by atoms with Gasteiger partial charge in [0.25, 0.3) is 5.91 Å². The number of nitrogens with zero attached hydrogens (tertiary/aromatic N) is 2. The van der Waals surface area contributed by atoms with Gasteiger partial charge in [-0.3, -0.25) is 4.79 Å². The Bertz CT molecular complexity index is 634. The second-order valence-electron chi connectivity index (χ2n) is 4.46. The highest BCUT2D eigenvalue weighted by Crippen LogP contribution is 2.23. The monoisotopic (exact) mass is 261 g/mol. The normalized spacial score (nSPS) is 10.5. The van der Waals surface area contributed by atoms with Crippen molar-refractivity contribution in [2.45, 2.75) is 6.92 Å². The minimum Gasteiger partial charge on any atom is -0.397 e. The number of aryl methyl sites for hydroxylation is 1. The molecule has 0 radical (unpaired) electrons. The van der Waals surface area contributed by atoms with E-state index in [2.05, 4.69) is 0 Å². The van der Waals surface area contributed by atoms with Gasteiger partial charge in [0.2, 0.25) is 0 Å². The molecule has 0 aliphatic rings. The fourth-order valence-corrected chi connectivity index (χ4v) is 2.02. The number of halogens is 1. The summed E-state index contributed by atoms with van der Waals surface area (Å²) in [6, 6.07) is 7.86. The van der Waals surface area contributed by atoms with Gasteiger partial charge in [-0.25, -0.2) is 4.39 Å². The molecule has 19 heavy (non-hydrogen) atoms. The first-order valence-electron chi connectivity index (χ1n) is 5.88. The van der Waals surface area contributed by atoms with Crippen molar-refractivity contribution < 1.29 is 9.18 Å². The van der Waals surface area contributed by atoms with Gasteiger partial charge in [-0.2, -0.15) is 0 Å². The highest BCUT2D eigenvalue weighted by atomic mass is 19.1. The molecule has 0 bridgehead atoms. The minimum atomic E-state index is -0.442. The average Bonchev–Trinajstić information content (AvgIpc) is 2.62. The molecule has 0 fully saturated rings. The highest BCUT2D eigenvalue weighted by molar-refractivity contribution is 6.08. The van der Waals surface area contributed by atoms with Gasteiger partial charge in [0.1, 0.15) is 11.5 Å². The predicted octanol–water partition coefficient (Wildman–Crippen LogP) is 2.33. The second-order valence-corrected chi connectivity index (χ2v) is 4.46. The fourth-order valence-electron chi connectivity index (χ4n) is 2.02. The van der Waals surface area contributed by atoms with Crippen LogP contribution < -0.4 is 10.6 Å². The minimum absolute atomic E-state index is 0.228. The molecule has 2 rings (SSSR count). The quantitative estimate of drug-likeness (QED) is 0.902. The molecule has 0 aliphatic heterocycles. The molecule has 100 valence electrons. The maximum Gasteiger partial charge on any atom is 0.276 e. The molecule has 0 aliphatic carbocycles. The zero-order valence-corrected chi connectivity index (χ0v) is 11.1. The van der Waals surface area contributed by atoms with E-state index in [9.17, 15) is 9.18 Å². The van der Waals surface area contributed by atoms with E-state index in [0.717, 1.165) is 5.69 Å². The Morgan fingerprint density at radius 1 is 1.37 bits per heavy atom. The van der Waals surface area contributed by atoms with Gasteiger partial charge < -0.3 is 15.2 Å². The van der Waals surface area contributed by atoms with Crippen molar-refractivity contribution in [3.8, 4) is 0 Å². The number of nitrogens with two attached hydrogens (primary N) is 1. The Balaban J connectivity index is 2.42. The van der Waals surface area contributed by atoms with Gasteiger partial charge in [0.05, 0.1) is 11.4 Å². The number of rotatable bonds is 2. The summed E-state index contributed by atoms with van der Waals surface area (Å²) in [5.41, 5.74) is 7.70. The lowest BCUT2D eigenvalue weighted by Gasteiger charge is -2.19. The first kappa shape index (κ1) is 13.1. The van der Waals surface area contributed by atoms with Crippen LogP contribution in [0.1, 0.15) is 16.2 Å². The molecule has 0 atom stereocenters. The topological polar surface area (TPSA) is 51.3 Å². The van der Waals surface area contributed by atoms with Gasteiger partial charge in [0.15, 0.2) is 0 Å². The van der Waals surface area contributed by atoms with E-state index in [4.69, 9.17) is 5.73 Å². The Kier molecular flexibility index (Phi) is 3.29. The summed E-state index contributed by atoms with van der Waals surface area (Å²) in [5, 5.41) is 0. The lowest BCUT2D eigenvalue weighted by atomic mass is 10.2. The Morgan fingerprint density at radius 3 is 2.53 bits per heavy atom. The predicted molar refractivity (Wildman–Crippen MR) is 73.7 cm³/mol. The number of hydrogen-bond donors (Lipinski definition) is 1. The number of anilines is 2. The molecule has 2 N–H and O–H groups in total. The Morgan fingerprint density at radius 2 is 2.00 bits per heavy atom. The maximum atomic E-state index is 13.7. The number of hydrogen-bond acceptors (Lipinski definition) is 2. The van der Waals surface area contributed by atoms with Gasteiger partial charge in [-0.15, -0.1) is 0 Å². The lowest BCUT2D eigenvalue weighted by molar-refractivity contribution is 0.0985. The van der Waals surface area contributed by atoms with E-state index in [-0.39, 0.29) is 11.6 Å². The summed E-state index contributed by atoms with van der Waals surface area (Å²) in [6.07, 6.45) is 0. The standard InChI is InChI=1S/C14H16FN3O/c1-9-8-11(16)13(17(9)2)14(19)18(3)12-7-5-4-6-10(12)15/h4-8H,16H2,1-3H3.